The van der Waals surface area contributed by atoms with Gasteiger partial charge in [-0.2, -0.15) is 0 Å². The largest absolute Gasteiger partial charge is 0.395 e. The molecule has 20 heavy (non-hydrogen) atoms. The van der Waals surface area contributed by atoms with Crippen molar-refractivity contribution in [2.75, 3.05) is 20.3 Å². The van der Waals surface area contributed by atoms with E-state index in [4.69, 9.17) is 9.84 Å². The molecule has 1 amide bonds. The fourth-order valence-corrected chi connectivity index (χ4v) is 2.95. The third-order valence-corrected chi connectivity index (χ3v) is 4.02. The summed E-state index contributed by atoms with van der Waals surface area (Å²) in [5.74, 6) is 5.95. The Kier molecular flexibility index (Phi) is 5.60. The van der Waals surface area contributed by atoms with Crippen molar-refractivity contribution in [3.05, 3.63) is 21.9 Å². The lowest BCUT2D eigenvalue weighted by Gasteiger charge is -2.19. The van der Waals surface area contributed by atoms with Crippen LogP contribution >= 0.6 is 11.3 Å². The van der Waals surface area contributed by atoms with Gasteiger partial charge in [-0.1, -0.05) is 11.8 Å². The molecule has 0 aromatic carbocycles. The second-order valence-corrected chi connectivity index (χ2v) is 5.77. The smallest absolute Gasteiger partial charge is 0.251 e. The van der Waals surface area contributed by atoms with Gasteiger partial charge in [0.2, 0.25) is 0 Å². The van der Waals surface area contributed by atoms with Crippen LogP contribution in [-0.4, -0.2) is 42.3 Å². The van der Waals surface area contributed by atoms with Crippen LogP contribution in [0.2, 0.25) is 0 Å². The first-order valence-electron chi connectivity index (χ1n) is 6.74. The van der Waals surface area contributed by atoms with Gasteiger partial charge in [-0.15, -0.1) is 11.3 Å². The molecule has 108 valence electrons. The Hall–Kier alpha value is -1.35. The molecule has 0 aliphatic carbocycles. The molecule has 5 heteroatoms. The van der Waals surface area contributed by atoms with Crippen LogP contribution < -0.4 is 0 Å². The highest BCUT2D eigenvalue weighted by Gasteiger charge is 2.26. The number of hydrogen-bond acceptors (Lipinski definition) is 4. The van der Waals surface area contributed by atoms with E-state index in [1.807, 2.05) is 11.4 Å². The number of aliphatic hydroxyl groups excluding tert-OH is 1. The number of thiophene rings is 1. The molecular formula is C15H19NO3S. The Balaban J connectivity index is 1.89. The van der Waals surface area contributed by atoms with Gasteiger partial charge >= 0.3 is 0 Å². The topological polar surface area (TPSA) is 49.8 Å². The van der Waals surface area contributed by atoms with E-state index in [9.17, 15) is 4.79 Å². The molecule has 1 aliphatic heterocycles. The number of carbonyl (C=O) groups excluding carboxylic acids is 1. The van der Waals surface area contributed by atoms with E-state index >= 15 is 0 Å². The summed E-state index contributed by atoms with van der Waals surface area (Å²) in [5, 5.41) is 10.7. The predicted octanol–water partition coefficient (Wildman–Crippen LogP) is 1.62. The normalized spacial score (nSPS) is 17.6. The first kappa shape index (κ1) is 15.0. The SMILES string of the molecule is CN(Cc1cc(C#CCCO)cs1)C(=O)C1CCCO1. The number of ether oxygens (including phenoxy) is 1. The molecule has 1 aromatic rings. The van der Waals surface area contributed by atoms with Crippen LogP contribution in [0.4, 0.5) is 0 Å². The molecular weight excluding hydrogens is 274 g/mol. The van der Waals surface area contributed by atoms with Crippen LogP contribution in [0.3, 0.4) is 0 Å². The summed E-state index contributed by atoms with van der Waals surface area (Å²) in [6, 6.07) is 1.99. The number of amides is 1. The zero-order valence-corrected chi connectivity index (χ0v) is 12.4. The fourth-order valence-electron chi connectivity index (χ4n) is 2.08. The minimum Gasteiger partial charge on any atom is -0.395 e. The first-order chi connectivity index (χ1) is 9.70. The molecule has 4 nitrogen and oxygen atoms in total. The number of likely N-dealkylation sites (N-methyl/N-ethyl adjacent to an activating group) is 1. The van der Waals surface area contributed by atoms with Gasteiger partial charge in [-0.25, -0.2) is 0 Å². The van der Waals surface area contributed by atoms with Crippen LogP contribution in [0.25, 0.3) is 0 Å². The van der Waals surface area contributed by atoms with E-state index in [0.717, 1.165) is 23.3 Å². The summed E-state index contributed by atoms with van der Waals surface area (Å²) in [6.45, 7) is 1.36. The molecule has 2 rings (SSSR count). The van der Waals surface area contributed by atoms with Crippen molar-refractivity contribution in [1.82, 2.24) is 4.90 Å². The molecule has 0 bridgehead atoms. The second-order valence-electron chi connectivity index (χ2n) is 4.77. The van der Waals surface area contributed by atoms with Crippen molar-refractivity contribution in [2.45, 2.75) is 31.9 Å². The van der Waals surface area contributed by atoms with E-state index < -0.39 is 0 Å². The van der Waals surface area contributed by atoms with Gasteiger partial charge in [-0.05, 0) is 18.9 Å². The highest BCUT2D eigenvalue weighted by atomic mass is 32.1. The van der Waals surface area contributed by atoms with Crippen LogP contribution in [0.15, 0.2) is 11.4 Å². The summed E-state index contributed by atoms with van der Waals surface area (Å²) < 4.78 is 5.41. The quantitative estimate of drug-likeness (QED) is 0.858. The van der Waals surface area contributed by atoms with E-state index in [2.05, 4.69) is 11.8 Å². The maximum Gasteiger partial charge on any atom is 0.251 e. The van der Waals surface area contributed by atoms with Crippen molar-refractivity contribution >= 4 is 17.2 Å². The number of aliphatic hydroxyl groups is 1. The predicted molar refractivity (Wildman–Crippen MR) is 78.3 cm³/mol. The van der Waals surface area contributed by atoms with Crippen LogP contribution in [0.5, 0.6) is 0 Å². The van der Waals surface area contributed by atoms with Gasteiger partial charge in [0, 0.05) is 35.9 Å². The summed E-state index contributed by atoms with van der Waals surface area (Å²) in [6.07, 6.45) is 2.02. The summed E-state index contributed by atoms with van der Waals surface area (Å²) in [7, 11) is 1.81. The highest BCUT2D eigenvalue weighted by Crippen LogP contribution is 2.19. The zero-order chi connectivity index (χ0) is 14.4. The van der Waals surface area contributed by atoms with Crippen LogP contribution in [-0.2, 0) is 16.1 Å². The standard InChI is InChI=1S/C15H19NO3S/c1-16(15(18)14-6-4-8-19-14)10-13-9-12(11-20-13)5-2-3-7-17/h9,11,14,17H,3-4,6-8,10H2,1H3. The molecule has 1 aliphatic rings. The van der Waals surface area contributed by atoms with Crippen LogP contribution in [0.1, 0.15) is 29.7 Å². The zero-order valence-electron chi connectivity index (χ0n) is 11.6. The molecule has 1 aromatic heterocycles. The number of carbonyl (C=O) groups is 1. The summed E-state index contributed by atoms with van der Waals surface area (Å²) in [4.78, 5) is 14.9. The molecule has 0 saturated carbocycles. The minimum atomic E-state index is -0.260. The molecule has 1 fully saturated rings. The Morgan fingerprint density at radius 2 is 2.50 bits per heavy atom. The molecule has 1 unspecified atom stereocenters. The van der Waals surface area contributed by atoms with E-state index in [1.54, 1.807) is 23.3 Å². The number of hydrogen-bond donors (Lipinski definition) is 1. The summed E-state index contributed by atoms with van der Waals surface area (Å²) >= 11 is 1.60. The van der Waals surface area contributed by atoms with E-state index in [-0.39, 0.29) is 18.6 Å². The molecule has 0 spiro atoms. The molecule has 2 heterocycles. The van der Waals surface area contributed by atoms with Gasteiger partial charge in [0.1, 0.15) is 6.10 Å². The van der Waals surface area contributed by atoms with Crippen molar-refractivity contribution < 1.29 is 14.6 Å². The van der Waals surface area contributed by atoms with Gasteiger partial charge in [-0.3, -0.25) is 4.79 Å². The third kappa shape index (κ3) is 4.07. The number of rotatable bonds is 4. The second kappa shape index (κ2) is 7.44. The summed E-state index contributed by atoms with van der Waals surface area (Å²) in [5.41, 5.74) is 0.941. The Labute approximate surface area is 123 Å². The lowest BCUT2D eigenvalue weighted by Crippen LogP contribution is -2.35. The molecule has 1 N–H and O–H groups in total. The maximum atomic E-state index is 12.1. The lowest BCUT2D eigenvalue weighted by atomic mass is 10.2. The van der Waals surface area contributed by atoms with Crippen LogP contribution in [0, 0.1) is 11.8 Å². The highest BCUT2D eigenvalue weighted by molar-refractivity contribution is 7.10. The Morgan fingerprint density at radius 3 is 3.20 bits per heavy atom. The minimum absolute atomic E-state index is 0.0591. The van der Waals surface area contributed by atoms with Crippen molar-refractivity contribution in [3.8, 4) is 11.8 Å². The van der Waals surface area contributed by atoms with E-state index in [1.165, 1.54) is 0 Å². The molecule has 1 saturated heterocycles. The van der Waals surface area contributed by atoms with Crippen molar-refractivity contribution in [1.29, 1.82) is 0 Å². The average Bonchev–Trinajstić information content (AvgIpc) is 3.09. The third-order valence-electron chi connectivity index (χ3n) is 3.10. The van der Waals surface area contributed by atoms with Gasteiger partial charge < -0.3 is 14.7 Å². The average molecular weight is 293 g/mol. The Morgan fingerprint density at radius 1 is 1.65 bits per heavy atom. The maximum absolute atomic E-state index is 12.1. The van der Waals surface area contributed by atoms with Gasteiger partial charge in [0.15, 0.2) is 0 Å². The van der Waals surface area contributed by atoms with Crippen molar-refractivity contribution in [3.63, 3.8) is 0 Å². The molecule has 0 radical (unpaired) electrons. The van der Waals surface area contributed by atoms with Crippen molar-refractivity contribution in [2.24, 2.45) is 0 Å². The lowest BCUT2D eigenvalue weighted by molar-refractivity contribution is -0.140. The monoisotopic (exact) mass is 293 g/mol. The Bertz CT molecular complexity index is 509. The van der Waals surface area contributed by atoms with Gasteiger partial charge in [0.25, 0.3) is 5.91 Å². The van der Waals surface area contributed by atoms with Gasteiger partial charge in [0.05, 0.1) is 13.2 Å². The van der Waals surface area contributed by atoms with E-state index in [0.29, 0.717) is 19.6 Å². The number of nitrogens with zero attached hydrogens (tertiary/aromatic N) is 1. The first-order valence-corrected chi connectivity index (χ1v) is 7.62. The molecule has 1 atom stereocenters. The fraction of sp³-hybridized carbons (Fsp3) is 0.533.